The quantitative estimate of drug-likeness (QED) is 0.530. The standard InChI is InChI=1S/C6H2BrClN2.C6H5BrN4/c7-5-1-4(2-9)6(8)10-3-5;7-3-1-4-5(8)10-11-6(4)9-2-3/h1,3H;1-2H,(H3,8,9,10,11). The van der Waals surface area contributed by atoms with Gasteiger partial charge in [-0.25, -0.2) is 9.97 Å². The minimum Gasteiger partial charge on any atom is -0.384 e. The number of nitrogens with two attached hydrogens (primary N) is 1. The highest BCUT2D eigenvalue weighted by molar-refractivity contribution is 9.10. The van der Waals surface area contributed by atoms with Gasteiger partial charge < -0.3 is 5.73 Å². The van der Waals surface area contributed by atoms with E-state index in [-0.39, 0.29) is 5.15 Å². The fraction of sp³-hybridized carbons (Fsp3) is 0. The Labute approximate surface area is 141 Å². The van der Waals surface area contributed by atoms with Gasteiger partial charge in [-0.1, -0.05) is 11.6 Å². The molecule has 0 saturated carbocycles. The van der Waals surface area contributed by atoms with Crippen LogP contribution in [0.4, 0.5) is 5.82 Å². The van der Waals surface area contributed by atoms with Crippen LogP contribution in [0.5, 0.6) is 0 Å². The molecule has 0 unspecified atom stereocenters. The van der Waals surface area contributed by atoms with Gasteiger partial charge in [0, 0.05) is 21.3 Å². The Hall–Kier alpha value is -1.69. The van der Waals surface area contributed by atoms with Gasteiger partial charge >= 0.3 is 0 Å². The lowest BCUT2D eigenvalue weighted by Crippen LogP contribution is -1.83. The number of fused-ring (bicyclic) bond motifs is 1. The van der Waals surface area contributed by atoms with Gasteiger partial charge in [0.25, 0.3) is 0 Å². The summed E-state index contributed by atoms with van der Waals surface area (Å²) in [7, 11) is 0. The van der Waals surface area contributed by atoms with Gasteiger partial charge in [-0.05, 0) is 44.0 Å². The number of anilines is 1. The summed E-state index contributed by atoms with van der Waals surface area (Å²) in [5.74, 6) is 0.550. The average Bonchev–Trinajstić information content (AvgIpc) is 2.83. The molecule has 106 valence electrons. The maximum absolute atomic E-state index is 8.45. The van der Waals surface area contributed by atoms with Crippen molar-refractivity contribution in [2.75, 3.05) is 5.73 Å². The van der Waals surface area contributed by atoms with Crippen molar-refractivity contribution in [2.45, 2.75) is 0 Å². The molecule has 21 heavy (non-hydrogen) atoms. The number of nitrogens with zero attached hydrogens (tertiary/aromatic N) is 4. The SMILES string of the molecule is N#Cc1cc(Br)cnc1Cl.Nc1[nH]nc2ncc(Br)cc12. The summed E-state index contributed by atoms with van der Waals surface area (Å²) in [6, 6.07) is 5.41. The summed E-state index contributed by atoms with van der Waals surface area (Å²) in [4.78, 5) is 7.78. The molecule has 3 aromatic rings. The van der Waals surface area contributed by atoms with Crippen molar-refractivity contribution in [1.82, 2.24) is 20.2 Å². The van der Waals surface area contributed by atoms with Crippen LogP contribution in [-0.2, 0) is 0 Å². The van der Waals surface area contributed by atoms with Gasteiger partial charge in [0.05, 0.1) is 10.9 Å². The highest BCUT2D eigenvalue weighted by Gasteiger charge is 2.02. The van der Waals surface area contributed by atoms with Crippen LogP contribution >= 0.6 is 43.5 Å². The molecular weight excluding hydrogens is 423 g/mol. The molecule has 3 aromatic heterocycles. The van der Waals surface area contributed by atoms with E-state index in [9.17, 15) is 0 Å². The van der Waals surface area contributed by atoms with Crippen molar-refractivity contribution in [3.8, 4) is 6.07 Å². The fourth-order valence-corrected chi connectivity index (χ4v) is 2.20. The van der Waals surface area contributed by atoms with E-state index in [0.29, 0.717) is 17.0 Å². The molecule has 0 radical (unpaired) electrons. The van der Waals surface area contributed by atoms with Crippen molar-refractivity contribution in [3.05, 3.63) is 44.2 Å². The summed E-state index contributed by atoms with van der Waals surface area (Å²) in [5, 5.41) is 16.1. The Bertz CT molecular complexity index is 826. The summed E-state index contributed by atoms with van der Waals surface area (Å²) in [6.07, 6.45) is 3.23. The lowest BCUT2D eigenvalue weighted by Gasteiger charge is -1.91. The summed E-state index contributed by atoms with van der Waals surface area (Å²) in [6.45, 7) is 0. The Balaban J connectivity index is 0.000000155. The van der Waals surface area contributed by atoms with E-state index >= 15 is 0 Å². The Morgan fingerprint density at radius 2 is 1.86 bits per heavy atom. The van der Waals surface area contributed by atoms with E-state index in [2.05, 4.69) is 52.0 Å². The predicted molar refractivity (Wildman–Crippen MR) is 87.7 cm³/mol. The molecule has 0 fully saturated rings. The first-order valence-corrected chi connectivity index (χ1v) is 7.44. The van der Waals surface area contributed by atoms with E-state index in [1.54, 1.807) is 18.5 Å². The van der Waals surface area contributed by atoms with Crippen LogP contribution in [0.1, 0.15) is 5.56 Å². The number of hydrogen-bond acceptors (Lipinski definition) is 5. The number of aromatic nitrogens is 4. The molecule has 6 nitrogen and oxygen atoms in total. The molecular formula is C12H7Br2ClN6. The summed E-state index contributed by atoms with van der Waals surface area (Å²) in [5.41, 5.74) is 6.60. The highest BCUT2D eigenvalue weighted by Crippen LogP contribution is 2.19. The first kappa shape index (κ1) is 15.7. The molecule has 3 heterocycles. The van der Waals surface area contributed by atoms with Crippen LogP contribution < -0.4 is 5.73 Å². The van der Waals surface area contributed by atoms with Crippen molar-refractivity contribution in [1.29, 1.82) is 5.26 Å². The van der Waals surface area contributed by atoms with Gasteiger partial charge in [0.2, 0.25) is 0 Å². The molecule has 3 N–H and O–H groups in total. The number of nitriles is 1. The van der Waals surface area contributed by atoms with Crippen LogP contribution in [-0.4, -0.2) is 20.2 Å². The normalized spacial score (nSPS) is 9.81. The van der Waals surface area contributed by atoms with Crippen molar-refractivity contribution >= 4 is 60.3 Å². The zero-order valence-corrected chi connectivity index (χ0v) is 14.2. The number of pyridine rings is 2. The zero-order chi connectivity index (χ0) is 15.4. The highest BCUT2D eigenvalue weighted by atomic mass is 79.9. The smallest absolute Gasteiger partial charge is 0.183 e. The van der Waals surface area contributed by atoms with Crippen molar-refractivity contribution in [2.24, 2.45) is 0 Å². The van der Waals surface area contributed by atoms with Crippen LogP contribution in [0.25, 0.3) is 11.0 Å². The van der Waals surface area contributed by atoms with E-state index in [1.807, 2.05) is 12.1 Å². The third kappa shape index (κ3) is 3.91. The largest absolute Gasteiger partial charge is 0.384 e. The molecule has 9 heteroatoms. The van der Waals surface area contributed by atoms with Crippen LogP contribution in [0, 0.1) is 11.3 Å². The number of halogens is 3. The molecule has 3 rings (SSSR count). The predicted octanol–water partition coefficient (Wildman–Crippen LogP) is 3.67. The van der Waals surface area contributed by atoms with Crippen LogP contribution in [0.3, 0.4) is 0 Å². The Kier molecular flexibility index (Phi) is 5.12. The molecule has 0 bridgehead atoms. The number of aromatic amines is 1. The minimum absolute atomic E-state index is 0.241. The molecule has 0 aliphatic rings. The molecule has 0 spiro atoms. The number of nitrogen functional groups attached to an aromatic ring is 1. The summed E-state index contributed by atoms with van der Waals surface area (Å²) >= 11 is 12.0. The second-order valence-electron chi connectivity index (χ2n) is 3.77. The average molecular weight is 430 g/mol. The molecule has 0 aliphatic heterocycles. The molecule has 0 amide bonds. The van der Waals surface area contributed by atoms with E-state index in [1.165, 1.54) is 0 Å². The minimum atomic E-state index is 0.241. The molecule has 0 atom stereocenters. The van der Waals surface area contributed by atoms with Gasteiger partial charge in [0.15, 0.2) is 5.65 Å². The van der Waals surface area contributed by atoms with Crippen molar-refractivity contribution < 1.29 is 0 Å². The Morgan fingerprint density at radius 3 is 2.52 bits per heavy atom. The maximum atomic E-state index is 8.45. The lowest BCUT2D eigenvalue weighted by molar-refractivity contribution is 1.10. The van der Waals surface area contributed by atoms with E-state index in [0.717, 1.165) is 14.3 Å². The number of H-pyrrole nitrogens is 1. The first-order chi connectivity index (χ1) is 10.0. The molecule has 0 aliphatic carbocycles. The number of hydrogen-bond donors (Lipinski definition) is 2. The molecule has 0 aromatic carbocycles. The number of rotatable bonds is 0. The number of nitrogens with one attached hydrogen (secondary N) is 1. The maximum Gasteiger partial charge on any atom is 0.183 e. The van der Waals surface area contributed by atoms with Gasteiger partial charge in [0.1, 0.15) is 17.0 Å². The van der Waals surface area contributed by atoms with Gasteiger partial charge in [-0.2, -0.15) is 10.4 Å². The second kappa shape index (κ2) is 6.85. The Morgan fingerprint density at radius 1 is 1.19 bits per heavy atom. The molecule has 0 saturated heterocycles. The van der Waals surface area contributed by atoms with E-state index in [4.69, 9.17) is 22.6 Å². The van der Waals surface area contributed by atoms with Crippen molar-refractivity contribution in [3.63, 3.8) is 0 Å². The monoisotopic (exact) mass is 428 g/mol. The van der Waals surface area contributed by atoms with E-state index < -0.39 is 0 Å². The van der Waals surface area contributed by atoms with Crippen LogP contribution in [0.15, 0.2) is 33.5 Å². The lowest BCUT2D eigenvalue weighted by atomic mass is 10.3. The van der Waals surface area contributed by atoms with Gasteiger partial charge in [-0.15, -0.1) is 0 Å². The summed E-state index contributed by atoms with van der Waals surface area (Å²) < 4.78 is 1.66. The van der Waals surface area contributed by atoms with Gasteiger partial charge in [-0.3, -0.25) is 5.10 Å². The first-order valence-electron chi connectivity index (χ1n) is 5.47. The zero-order valence-electron chi connectivity index (χ0n) is 10.3. The third-order valence-electron chi connectivity index (χ3n) is 2.33. The fourth-order valence-electron chi connectivity index (χ4n) is 1.39. The second-order valence-corrected chi connectivity index (χ2v) is 5.96. The topological polar surface area (TPSA) is 104 Å². The van der Waals surface area contributed by atoms with Crippen LogP contribution in [0.2, 0.25) is 5.15 Å². The third-order valence-corrected chi connectivity index (χ3v) is 3.50.